The summed E-state index contributed by atoms with van der Waals surface area (Å²) in [6.07, 6.45) is -0.209. The van der Waals surface area contributed by atoms with Crippen molar-refractivity contribution in [1.29, 1.82) is 0 Å². The van der Waals surface area contributed by atoms with Crippen LogP contribution in [-0.4, -0.2) is 26.2 Å². The third kappa shape index (κ3) is 5.32. The minimum absolute atomic E-state index is 0.209. The van der Waals surface area contributed by atoms with Gasteiger partial charge in [0.05, 0.1) is 6.54 Å². The van der Waals surface area contributed by atoms with Crippen LogP contribution in [0.15, 0.2) is 41.4 Å². The van der Waals surface area contributed by atoms with E-state index in [0.29, 0.717) is 24.1 Å². The summed E-state index contributed by atoms with van der Waals surface area (Å²) >= 11 is 6.13. The summed E-state index contributed by atoms with van der Waals surface area (Å²) in [4.78, 5) is 4.24. The first-order valence-corrected chi connectivity index (χ1v) is 6.37. The first-order chi connectivity index (χ1) is 9.04. The number of rotatable bonds is 6. The van der Waals surface area contributed by atoms with Gasteiger partial charge in [-0.15, -0.1) is 0 Å². The Labute approximate surface area is 119 Å². The first-order valence-electron chi connectivity index (χ1n) is 6.00. The highest BCUT2D eigenvalue weighted by molar-refractivity contribution is 6.31. The molecule has 104 valence electrons. The summed E-state index contributed by atoms with van der Waals surface area (Å²) in [5.41, 5.74) is 7.65. The predicted molar refractivity (Wildman–Crippen MR) is 80.5 cm³/mol. The van der Waals surface area contributed by atoms with Gasteiger partial charge in [-0.1, -0.05) is 42.0 Å². The monoisotopic (exact) mass is 281 g/mol. The van der Waals surface area contributed by atoms with E-state index in [1.165, 1.54) is 0 Å². The van der Waals surface area contributed by atoms with E-state index in [1.54, 1.807) is 7.11 Å². The minimum Gasteiger partial charge on any atom is -0.375 e. The zero-order valence-electron chi connectivity index (χ0n) is 11.3. The zero-order chi connectivity index (χ0) is 14.3. The highest BCUT2D eigenvalue weighted by atomic mass is 35.5. The van der Waals surface area contributed by atoms with Crippen LogP contribution in [0.3, 0.4) is 0 Å². The lowest BCUT2D eigenvalue weighted by Crippen LogP contribution is -2.33. The van der Waals surface area contributed by atoms with Gasteiger partial charge in [-0.3, -0.25) is 4.99 Å². The molecule has 0 saturated carbocycles. The van der Waals surface area contributed by atoms with E-state index in [2.05, 4.69) is 16.9 Å². The number of ether oxygens (including phenoxy) is 1. The fourth-order valence-corrected chi connectivity index (χ4v) is 1.77. The van der Waals surface area contributed by atoms with Gasteiger partial charge in [0.1, 0.15) is 6.10 Å². The van der Waals surface area contributed by atoms with Gasteiger partial charge in [0.15, 0.2) is 5.96 Å². The molecule has 1 rings (SSSR count). The fraction of sp³-hybridized carbons (Fsp3) is 0.357. The van der Waals surface area contributed by atoms with Crippen molar-refractivity contribution in [1.82, 2.24) is 5.32 Å². The van der Waals surface area contributed by atoms with Gasteiger partial charge in [-0.2, -0.15) is 0 Å². The van der Waals surface area contributed by atoms with Crippen molar-refractivity contribution in [3.8, 4) is 0 Å². The SMILES string of the molecule is C=C(C)CNC(N)=NCC(OC)c1ccccc1Cl. The summed E-state index contributed by atoms with van der Waals surface area (Å²) in [5.74, 6) is 0.372. The molecule has 1 atom stereocenters. The van der Waals surface area contributed by atoms with E-state index in [9.17, 15) is 0 Å². The third-order valence-corrected chi connectivity index (χ3v) is 2.88. The quantitative estimate of drug-likeness (QED) is 0.478. The lowest BCUT2D eigenvalue weighted by molar-refractivity contribution is 0.111. The Morgan fingerprint density at radius 1 is 1.53 bits per heavy atom. The van der Waals surface area contributed by atoms with Gasteiger partial charge >= 0.3 is 0 Å². The average Bonchev–Trinajstić information content (AvgIpc) is 2.39. The van der Waals surface area contributed by atoms with Crippen molar-refractivity contribution in [2.45, 2.75) is 13.0 Å². The predicted octanol–water partition coefficient (Wildman–Crippen LogP) is 2.51. The molecule has 0 aliphatic rings. The van der Waals surface area contributed by atoms with Crippen LogP contribution in [0.25, 0.3) is 0 Å². The Hall–Kier alpha value is -1.52. The van der Waals surface area contributed by atoms with Crippen molar-refractivity contribution in [3.05, 3.63) is 47.0 Å². The molecule has 0 aliphatic heterocycles. The molecule has 1 aromatic rings. The average molecular weight is 282 g/mol. The Morgan fingerprint density at radius 3 is 2.79 bits per heavy atom. The molecular weight excluding hydrogens is 262 g/mol. The number of nitrogens with two attached hydrogens (primary N) is 1. The maximum Gasteiger partial charge on any atom is 0.188 e. The molecule has 5 heteroatoms. The number of nitrogens with zero attached hydrogens (tertiary/aromatic N) is 1. The van der Waals surface area contributed by atoms with Crippen molar-refractivity contribution in [3.63, 3.8) is 0 Å². The van der Waals surface area contributed by atoms with Crippen LogP contribution in [0.1, 0.15) is 18.6 Å². The molecule has 0 fully saturated rings. The number of methoxy groups -OCH3 is 1. The Morgan fingerprint density at radius 2 is 2.21 bits per heavy atom. The second-order valence-electron chi connectivity index (χ2n) is 4.28. The number of hydrogen-bond acceptors (Lipinski definition) is 2. The van der Waals surface area contributed by atoms with E-state index in [4.69, 9.17) is 22.1 Å². The number of halogens is 1. The first kappa shape index (κ1) is 15.5. The van der Waals surface area contributed by atoms with Crippen molar-refractivity contribution in [2.75, 3.05) is 20.2 Å². The molecular formula is C14H20ClN3O. The molecule has 1 aromatic carbocycles. The molecule has 19 heavy (non-hydrogen) atoms. The standard InChI is InChI=1S/C14H20ClN3O/c1-10(2)8-17-14(16)18-9-13(19-3)11-6-4-5-7-12(11)15/h4-7,13H,1,8-9H2,2-3H3,(H3,16,17,18). The van der Waals surface area contributed by atoms with E-state index in [1.807, 2.05) is 31.2 Å². The van der Waals surface area contributed by atoms with E-state index < -0.39 is 0 Å². The molecule has 0 radical (unpaired) electrons. The third-order valence-electron chi connectivity index (χ3n) is 2.54. The van der Waals surface area contributed by atoms with E-state index in [-0.39, 0.29) is 6.10 Å². The minimum atomic E-state index is -0.209. The van der Waals surface area contributed by atoms with Gasteiger partial charge in [0.2, 0.25) is 0 Å². The van der Waals surface area contributed by atoms with Gasteiger partial charge in [-0.05, 0) is 13.0 Å². The van der Waals surface area contributed by atoms with Crippen LogP contribution in [-0.2, 0) is 4.74 Å². The highest BCUT2D eigenvalue weighted by Crippen LogP contribution is 2.24. The second kappa shape index (κ2) is 7.81. The smallest absolute Gasteiger partial charge is 0.188 e. The lowest BCUT2D eigenvalue weighted by atomic mass is 10.1. The van der Waals surface area contributed by atoms with Crippen LogP contribution >= 0.6 is 11.6 Å². The molecule has 4 nitrogen and oxygen atoms in total. The topological polar surface area (TPSA) is 59.6 Å². The maximum absolute atomic E-state index is 6.13. The Bertz CT molecular complexity index is 460. The van der Waals surface area contributed by atoms with Crippen LogP contribution in [0.5, 0.6) is 0 Å². The van der Waals surface area contributed by atoms with Crippen LogP contribution in [0.2, 0.25) is 5.02 Å². The lowest BCUT2D eigenvalue weighted by Gasteiger charge is -2.15. The largest absolute Gasteiger partial charge is 0.375 e. The molecule has 0 amide bonds. The molecule has 3 N–H and O–H groups in total. The van der Waals surface area contributed by atoms with E-state index in [0.717, 1.165) is 11.1 Å². The molecule has 1 unspecified atom stereocenters. The van der Waals surface area contributed by atoms with Gasteiger partial charge in [-0.25, -0.2) is 0 Å². The molecule has 0 bridgehead atoms. The summed E-state index contributed by atoms with van der Waals surface area (Å²) in [5, 5.41) is 3.63. The Balaban J connectivity index is 2.65. The van der Waals surface area contributed by atoms with Gasteiger partial charge < -0.3 is 15.8 Å². The van der Waals surface area contributed by atoms with Crippen LogP contribution < -0.4 is 11.1 Å². The summed E-state index contributed by atoms with van der Waals surface area (Å²) in [6.45, 7) is 6.72. The van der Waals surface area contributed by atoms with Crippen molar-refractivity contribution >= 4 is 17.6 Å². The molecule has 0 aliphatic carbocycles. The fourth-order valence-electron chi connectivity index (χ4n) is 1.51. The van der Waals surface area contributed by atoms with E-state index >= 15 is 0 Å². The van der Waals surface area contributed by atoms with Crippen LogP contribution in [0.4, 0.5) is 0 Å². The molecule has 0 heterocycles. The van der Waals surface area contributed by atoms with Crippen molar-refractivity contribution < 1.29 is 4.74 Å². The molecule has 0 saturated heterocycles. The highest BCUT2D eigenvalue weighted by Gasteiger charge is 2.13. The summed E-state index contributed by atoms with van der Waals surface area (Å²) in [7, 11) is 1.63. The number of guanidine groups is 1. The van der Waals surface area contributed by atoms with Gasteiger partial charge in [0, 0.05) is 24.2 Å². The summed E-state index contributed by atoms with van der Waals surface area (Å²) < 4.78 is 5.40. The van der Waals surface area contributed by atoms with Crippen molar-refractivity contribution in [2.24, 2.45) is 10.7 Å². The zero-order valence-corrected chi connectivity index (χ0v) is 12.1. The second-order valence-corrected chi connectivity index (χ2v) is 4.69. The number of aliphatic imine (C=N–C) groups is 1. The summed E-state index contributed by atoms with van der Waals surface area (Å²) in [6, 6.07) is 7.54. The number of benzene rings is 1. The molecule has 0 spiro atoms. The molecule has 0 aromatic heterocycles. The number of hydrogen-bond donors (Lipinski definition) is 2. The van der Waals surface area contributed by atoms with Crippen LogP contribution in [0, 0.1) is 0 Å². The Kier molecular flexibility index (Phi) is 6.39. The maximum atomic E-state index is 6.13. The van der Waals surface area contributed by atoms with Gasteiger partial charge in [0.25, 0.3) is 0 Å². The number of nitrogens with one attached hydrogen (secondary N) is 1. The normalized spacial score (nSPS) is 13.1.